The number of hydrogen-bond donors (Lipinski definition) is 3. The minimum Gasteiger partial charge on any atom is -0.353 e. The molecule has 1 amide bonds. The maximum atomic E-state index is 13.8. The number of guanidine groups is 1. The molecule has 7 nitrogen and oxygen atoms in total. The second-order valence-electron chi connectivity index (χ2n) is 8.41. The Morgan fingerprint density at radius 3 is 2.36 bits per heavy atom. The number of amides is 1. The van der Waals surface area contributed by atoms with Crippen LogP contribution in [-0.4, -0.2) is 33.9 Å². The molecule has 1 aliphatic carbocycles. The zero-order valence-electron chi connectivity index (χ0n) is 19.1. The maximum Gasteiger partial charge on any atom is 0.280 e. The van der Waals surface area contributed by atoms with Gasteiger partial charge in [0.1, 0.15) is 5.82 Å². The second kappa shape index (κ2) is 11.9. The second-order valence-corrected chi connectivity index (χ2v) is 8.81. The molecule has 0 saturated heterocycles. The van der Waals surface area contributed by atoms with Crippen molar-refractivity contribution in [2.45, 2.75) is 44.3 Å². The van der Waals surface area contributed by atoms with E-state index < -0.39 is 23.4 Å². The molecular formula is C25H24ClF3N6O. The molecule has 0 bridgehead atoms. The quantitative estimate of drug-likeness (QED) is 0.320. The van der Waals surface area contributed by atoms with E-state index in [-0.39, 0.29) is 35.2 Å². The summed E-state index contributed by atoms with van der Waals surface area (Å²) < 4.78 is 40.7. The minimum atomic E-state index is -1.14. The van der Waals surface area contributed by atoms with Crippen LogP contribution in [0.1, 0.15) is 41.6 Å². The standard InChI is InChI=1S/C25H24ClF3N6O/c26-19-8-2-15(12-21(19)28)14-32-25(35-23(36)16-3-9-20(27)22(29)13-16)34-18-6-4-17(5-7-18)33-24-30-10-1-11-31-24/h1-3,8-13,17-18H,4-7,14H2,(H,30,31,33)(H2,32,34,35,36)/t17-,18-. The Morgan fingerprint density at radius 1 is 0.944 bits per heavy atom. The molecule has 0 spiro atoms. The van der Waals surface area contributed by atoms with Crippen LogP contribution < -0.4 is 16.0 Å². The molecule has 0 atom stereocenters. The first-order valence-electron chi connectivity index (χ1n) is 11.4. The normalized spacial score (nSPS) is 17.9. The average molecular weight is 517 g/mol. The molecule has 2 aromatic carbocycles. The van der Waals surface area contributed by atoms with Crippen LogP contribution in [0.15, 0.2) is 59.9 Å². The van der Waals surface area contributed by atoms with Gasteiger partial charge in [0.25, 0.3) is 5.91 Å². The van der Waals surface area contributed by atoms with Crippen LogP contribution in [0.3, 0.4) is 0 Å². The van der Waals surface area contributed by atoms with E-state index >= 15 is 0 Å². The van der Waals surface area contributed by atoms with Gasteiger partial charge in [-0.1, -0.05) is 17.7 Å². The van der Waals surface area contributed by atoms with Crippen LogP contribution in [-0.2, 0) is 6.54 Å². The van der Waals surface area contributed by atoms with Crippen molar-refractivity contribution < 1.29 is 18.0 Å². The molecule has 11 heteroatoms. The Bertz CT molecular complexity index is 1240. The van der Waals surface area contributed by atoms with Gasteiger partial charge >= 0.3 is 0 Å². The summed E-state index contributed by atoms with van der Waals surface area (Å²) in [5.41, 5.74) is 0.491. The highest BCUT2D eigenvalue weighted by atomic mass is 35.5. The Labute approximate surface area is 211 Å². The van der Waals surface area contributed by atoms with Crippen LogP contribution in [0, 0.1) is 17.5 Å². The fourth-order valence-electron chi connectivity index (χ4n) is 3.89. The Kier molecular flexibility index (Phi) is 8.37. The molecular weight excluding hydrogens is 493 g/mol. The summed E-state index contributed by atoms with van der Waals surface area (Å²) in [6.07, 6.45) is 6.58. The molecule has 0 unspecified atom stereocenters. The zero-order chi connectivity index (χ0) is 25.5. The van der Waals surface area contributed by atoms with Crippen LogP contribution >= 0.6 is 11.6 Å². The van der Waals surface area contributed by atoms with Crippen LogP contribution in [0.2, 0.25) is 5.02 Å². The summed E-state index contributed by atoms with van der Waals surface area (Å²) >= 11 is 5.75. The predicted molar refractivity (Wildman–Crippen MR) is 131 cm³/mol. The van der Waals surface area contributed by atoms with E-state index in [4.69, 9.17) is 11.6 Å². The van der Waals surface area contributed by atoms with Gasteiger partial charge in [-0.3, -0.25) is 4.79 Å². The summed E-state index contributed by atoms with van der Waals surface area (Å²) in [6.45, 7) is 0.160. The van der Waals surface area contributed by atoms with Crippen molar-refractivity contribution in [1.29, 1.82) is 0 Å². The molecule has 0 aliphatic heterocycles. The third-order valence-electron chi connectivity index (χ3n) is 5.79. The molecule has 4 rings (SSSR count). The molecule has 1 aliphatic rings. The average Bonchev–Trinajstić information content (AvgIpc) is 2.88. The summed E-state index contributed by atoms with van der Waals surface area (Å²) in [6, 6.07) is 9.18. The van der Waals surface area contributed by atoms with E-state index in [2.05, 4.69) is 30.9 Å². The van der Waals surface area contributed by atoms with Gasteiger partial charge in [0, 0.05) is 36.6 Å². The highest BCUT2D eigenvalue weighted by Gasteiger charge is 2.23. The first kappa shape index (κ1) is 25.4. The predicted octanol–water partition coefficient (Wildman–Crippen LogP) is 4.85. The van der Waals surface area contributed by atoms with E-state index in [1.54, 1.807) is 24.5 Å². The van der Waals surface area contributed by atoms with Gasteiger partial charge < -0.3 is 16.0 Å². The number of aliphatic imine (C=N–C) groups is 1. The number of carbonyl (C=O) groups excluding carboxylic acids is 1. The number of halogens is 4. The molecule has 1 saturated carbocycles. The molecule has 188 valence electrons. The van der Waals surface area contributed by atoms with Crippen molar-refractivity contribution in [3.63, 3.8) is 0 Å². The summed E-state index contributed by atoms with van der Waals surface area (Å²) in [5, 5.41) is 9.56. The van der Waals surface area contributed by atoms with Gasteiger partial charge in [0.15, 0.2) is 17.6 Å². The van der Waals surface area contributed by atoms with Crippen molar-refractivity contribution in [2.24, 2.45) is 4.99 Å². The third-order valence-corrected chi connectivity index (χ3v) is 6.10. The van der Waals surface area contributed by atoms with Crippen LogP contribution in [0.4, 0.5) is 19.1 Å². The highest BCUT2D eigenvalue weighted by molar-refractivity contribution is 6.30. The van der Waals surface area contributed by atoms with E-state index in [0.717, 1.165) is 37.8 Å². The smallest absolute Gasteiger partial charge is 0.280 e. The van der Waals surface area contributed by atoms with Crippen molar-refractivity contribution in [2.75, 3.05) is 5.32 Å². The molecule has 1 aromatic heterocycles. The highest BCUT2D eigenvalue weighted by Crippen LogP contribution is 2.21. The zero-order valence-corrected chi connectivity index (χ0v) is 19.9. The van der Waals surface area contributed by atoms with Crippen molar-refractivity contribution in [3.05, 3.63) is 88.5 Å². The number of nitrogens with one attached hydrogen (secondary N) is 3. The van der Waals surface area contributed by atoms with Crippen molar-refractivity contribution >= 4 is 29.4 Å². The lowest BCUT2D eigenvalue weighted by Crippen LogP contribution is -2.46. The van der Waals surface area contributed by atoms with Crippen molar-refractivity contribution in [3.8, 4) is 0 Å². The minimum absolute atomic E-state index is 0.00514. The lowest BCUT2D eigenvalue weighted by Gasteiger charge is -2.30. The van der Waals surface area contributed by atoms with Gasteiger partial charge in [-0.05, 0) is 67.6 Å². The molecule has 1 heterocycles. The lowest BCUT2D eigenvalue weighted by molar-refractivity contribution is 0.100. The van der Waals surface area contributed by atoms with Gasteiger partial charge in [0.05, 0.1) is 5.02 Å². The van der Waals surface area contributed by atoms with Gasteiger partial charge in [0.2, 0.25) is 5.95 Å². The van der Waals surface area contributed by atoms with Gasteiger partial charge in [-0.2, -0.15) is 4.99 Å². The fraction of sp³-hybridized carbons (Fsp3) is 0.280. The summed E-state index contributed by atoms with van der Waals surface area (Å²) in [7, 11) is 0. The summed E-state index contributed by atoms with van der Waals surface area (Å²) in [5.74, 6) is -2.77. The number of benzene rings is 2. The van der Waals surface area contributed by atoms with E-state index in [1.165, 1.54) is 18.2 Å². The van der Waals surface area contributed by atoms with E-state index in [0.29, 0.717) is 11.5 Å². The SMILES string of the molecule is O=C(/N=C(/NCc1ccc(Cl)c(F)c1)N[C@H]1CC[C@H](Nc2ncccn2)CC1)c1ccc(F)c(F)c1. The van der Waals surface area contributed by atoms with Gasteiger partial charge in [-0.15, -0.1) is 0 Å². The molecule has 3 N–H and O–H groups in total. The Morgan fingerprint density at radius 2 is 1.67 bits per heavy atom. The number of aromatic nitrogens is 2. The largest absolute Gasteiger partial charge is 0.353 e. The number of hydrogen-bond acceptors (Lipinski definition) is 4. The van der Waals surface area contributed by atoms with Gasteiger partial charge in [-0.25, -0.2) is 23.1 Å². The Hall–Kier alpha value is -3.66. The number of anilines is 1. The van der Waals surface area contributed by atoms with Crippen LogP contribution in [0.5, 0.6) is 0 Å². The third kappa shape index (κ3) is 6.94. The molecule has 36 heavy (non-hydrogen) atoms. The number of nitrogens with zero attached hydrogens (tertiary/aromatic N) is 3. The fourth-order valence-corrected chi connectivity index (χ4v) is 4.00. The molecule has 0 radical (unpaired) electrons. The van der Waals surface area contributed by atoms with Crippen molar-refractivity contribution in [1.82, 2.24) is 20.6 Å². The number of carbonyl (C=O) groups is 1. The maximum absolute atomic E-state index is 13.8. The van der Waals surface area contributed by atoms with E-state index in [1.807, 2.05) is 0 Å². The first-order chi connectivity index (χ1) is 17.4. The topological polar surface area (TPSA) is 91.3 Å². The first-order valence-corrected chi connectivity index (χ1v) is 11.8. The van der Waals surface area contributed by atoms with E-state index in [9.17, 15) is 18.0 Å². The summed E-state index contributed by atoms with van der Waals surface area (Å²) in [4.78, 5) is 25.1. The molecule has 3 aromatic rings. The van der Waals surface area contributed by atoms with Crippen LogP contribution in [0.25, 0.3) is 0 Å². The molecule has 1 fully saturated rings. The Balaban J connectivity index is 1.43. The monoisotopic (exact) mass is 516 g/mol. The lowest BCUT2D eigenvalue weighted by atomic mass is 9.91. The number of rotatable bonds is 6.